The Morgan fingerprint density at radius 2 is 1.50 bits per heavy atom. The summed E-state index contributed by atoms with van der Waals surface area (Å²) < 4.78 is 11.3. The maximum atomic E-state index is 12.4. The first kappa shape index (κ1) is 21.4. The number of benzene rings is 3. The van der Waals surface area contributed by atoms with Gasteiger partial charge in [-0.15, -0.1) is 0 Å². The summed E-state index contributed by atoms with van der Waals surface area (Å²) in [5.41, 5.74) is 1.08. The highest BCUT2D eigenvalue weighted by molar-refractivity contribution is 5.92. The molecule has 0 bridgehead atoms. The smallest absolute Gasteiger partial charge is 0.343 e. The summed E-state index contributed by atoms with van der Waals surface area (Å²) in [6.07, 6.45) is 7.36. The van der Waals surface area contributed by atoms with Crippen molar-refractivity contribution < 1.29 is 14.3 Å². The Labute approximate surface area is 178 Å². The number of hydrogen-bond donors (Lipinski definition) is 0. The second kappa shape index (κ2) is 11.0. The SMILES string of the molecule is CCCCCCCCOc1ccc(C(=O)Oc2ccc3cc(C#N)ccc3c2)cc1. The van der Waals surface area contributed by atoms with E-state index in [1.165, 1.54) is 32.1 Å². The fourth-order valence-corrected chi connectivity index (χ4v) is 3.28. The van der Waals surface area contributed by atoms with Gasteiger partial charge in [-0.05, 0) is 65.7 Å². The Hall–Kier alpha value is -3.32. The van der Waals surface area contributed by atoms with E-state index in [1.807, 2.05) is 18.2 Å². The molecule has 0 amide bonds. The summed E-state index contributed by atoms with van der Waals surface area (Å²) in [5, 5.41) is 10.8. The Kier molecular flexibility index (Phi) is 7.86. The molecule has 0 radical (unpaired) electrons. The van der Waals surface area contributed by atoms with Crippen molar-refractivity contribution in [3.8, 4) is 17.6 Å². The molecular formula is C26H27NO3. The lowest BCUT2D eigenvalue weighted by molar-refractivity contribution is 0.0735. The van der Waals surface area contributed by atoms with E-state index in [1.54, 1.807) is 42.5 Å². The minimum absolute atomic E-state index is 0.412. The maximum Gasteiger partial charge on any atom is 0.343 e. The van der Waals surface area contributed by atoms with Crippen LogP contribution in [-0.4, -0.2) is 12.6 Å². The number of fused-ring (bicyclic) bond motifs is 1. The van der Waals surface area contributed by atoms with Crippen molar-refractivity contribution in [2.24, 2.45) is 0 Å². The second-order valence-electron chi connectivity index (χ2n) is 7.37. The summed E-state index contributed by atoms with van der Waals surface area (Å²) in [5.74, 6) is 0.824. The number of hydrogen-bond acceptors (Lipinski definition) is 4. The number of nitrogens with zero attached hydrogens (tertiary/aromatic N) is 1. The molecule has 0 saturated carbocycles. The van der Waals surface area contributed by atoms with Gasteiger partial charge in [-0.3, -0.25) is 0 Å². The van der Waals surface area contributed by atoms with E-state index in [9.17, 15) is 4.79 Å². The number of rotatable bonds is 10. The van der Waals surface area contributed by atoms with Gasteiger partial charge in [-0.25, -0.2) is 4.79 Å². The Morgan fingerprint density at radius 1 is 0.833 bits per heavy atom. The quantitative estimate of drug-likeness (QED) is 0.216. The van der Waals surface area contributed by atoms with E-state index in [0.29, 0.717) is 23.5 Å². The summed E-state index contributed by atoms with van der Waals surface area (Å²) in [6, 6.07) is 20.0. The zero-order valence-corrected chi connectivity index (χ0v) is 17.4. The average molecular weight is 402 g/mol. The zero-order valence-electron chi connectivity index (χ0n) is 17.4. The van der Waals surface area contributed by atoms with Crippen LogP contribution in [0.1, 0.15) is 61.4 Å². The molecule has 3 aromatic carbocycles. The molecule has 4 nitrogen and oxygen atoms in total. The third-order valence-corrected chi connectivity index (χ3v) is 5.01. The third-order valence-electron chi connectivity index (χ3n) is 5.01. The van der Waals surface area contributed by atoms with Crippen molar-refractivity contribution in [2.75, 3.05) is 6.61 Å². The Bertz CT molecular complexity index is 1020. The summed E-state index contributed by atoms with van der Waals surface area (Å²) in [6.45, 7) is 2.91. The maximum absolute atomic E-state index is 12.4. The lowest BCUT2D eigenvalue weighted by atomic mass is 10.1. The molecule has 0 atom stereocenters. The fourth-order valence-electron chi connectivity index (χ4n) is 3.28. The summed E-state index contributed by atoms with van der Waals surface area (Å²) >= 11 is 0. The number of carbonyl (C=O) groups excluding carboxylic acids is 1. The molecule has 0 saturated heterocycles. The number of carbonyl (C=O) groups is 1. The highest BCUT2D eigenvalue weighted by Gasteiger charge is 2.09. The first-order chi connectivity index (χ1) is 14.7. The van der Waals surface area contributed by atoms with Crippen LogP contribution in [0.25, 0.3) is 10.8 Å². The van der Waals surface area contributed by atoms with Gasteiger partial charge >= 0.3 is 5.97 Å². The topological polar surface area (TPSA) is 59.3 Å². The van der Waals surface area contributed by atoms with Gasteiger partial charge in [-0.1, -0.05) is 51.2 Å². The van der Waals surface area contributed by atoms with Crippen molar-refractivity contribution in [1.29, 1.82) is 5.26 Å². The lowest BCUT2D eigenvalue weighted by Crippen LogP contribution is -2.08. The minimum atomic E-state index is -0.412. The highest BCUT2D eigenvalue weighted by Crippen LogP contribution is 2.23. The van der Waals surface area contributed by atoms with Gasteiger partial charge < -0.3 is 9.47 Å². The molecule has 0 aliphatic carbocycles. The van der Waals surface area contributed by atoms with Crippen LogP contribution < -0.4 is 9.47 Å². The van der Waals surface area contributed by atoms with Gasteiger partial charge in [0.05, 0.1) is 23.8 Å². The van der Waals surface area contributed by atoms with Crippen molar-refractivity contribution in [2.45, 2.75) is 45.4 Å². The zero-order chi connectivity index (χ0) is 21.2. The van der Waals surface area contributed by atoms with Crippen molar-refractivity contribution in [3.05, 3.63) is 71.8 Å². The molecule has 0 fully saturated rings. The van der Waals surface area contributed by atoms with Crippen LogP contribution in [0.2, 0.25) is 0 Å². The number of esters is 1. The second-order valence-corrected chi connectivity index (χ2v) is 7.37. The van der Waals surface area contributed by atoms with E-state index in [4.69, 9.17) is 14.7 Å². The number of unbranched alkanes of at least 4 members (excludes halogenated alkanes) is 5. The van der Waals surface area contributed by atoms with Gasteiger partial charge in [0.15, 0.2) is 0 Å². The molecule has 4 heteroatoms. The van der Waals surface area contributed by atoms with Crippen molar-refractivity contribution in [3.63, 3.8) is 0 Å². The molecule has 30 heavy (non-hydrogen) atoms. The van der Waals surface area contributed by atoms with Crippen LogP contribution in [0.3, 0.4) is 0 Å². The van der Waals surface area contributed by atoms with E-state index in [2.05, 4.69) is 13.0 Å². The van der Waals surface area contributed by atoms with Gasteiger partial charge in [-0.2, -0.15) is 5.26 Å². The van der Waals surface area contributed by atoms with Crippen LogP contribution in [0.4, 0.5) is 0 Å². The molecule has 0 heterocycles. The van der Waals surface area contributed by atoms with E-state index < -0.39 is 5.97 Å². The van der Waals surface area contributed by atoms with Gasteiger partial charge in [0.1, 0.15) is 11.5 Å². The van der Waals surface area contributed by atoms with E-state index >= 15 is 0 Å². The normalized spacial score (nSPS) is 10.5. The largest absolute Gasteiger partial charge is 0.494 e. The predicted octanol–water partition coefficient (Wildman–Crippen LogP) is 6.67. The van der Waals surface area contributed by atoms with E-state index in [-0.39, 0.29) is 0 Å². The highest BCUT2D eigenvalue weighted by atomic mass is 16.5. The van der Waals surface area contributed by atoms with Crippen LogP contribution in [0, 0.1) is 11.3 Å². The Balaban J connectivity index is 1.51. The predicted molar refractivity (Wildman–Crippen MR) is 119 cm³/mol. The number of nitriles is 1. The van der Waals surface area contributed by atoms with Gasteiger partial charge in [0.2, 0.25) is 0 Å². The standard InChI is InChI=1S/C26H27NO3/c1-2-3-4-5-6-7-16-29-24-13-10-21(11-14-24)26(28)30-25-15-12-22-17-20(19-27)8-9-23(22)18-25/h8-15,17-18H,2-7,16H2,1H3. The molecule has 3 rings (SSSR count). The van der Waals surface area contributed by atoms with Crippen LogP contribution >= 0.6 is 0 Å². The monoisotopic (exact) mass is 401 g/mol. The molecule has 0 unspecified atom stereocenters. The average Bonchev–Trinajstić information content (AvgIpc) is 2.78. The summed E-state index contributed by atoms with van der Waals surface area (Å²) in [7, 11) is 0. The molecular weight excluding hydrogens is 374 g/mol. The molecule has 0 aromatic heterocycles. The van der Waals surface area contributed by atoms with Crippen molar-refractivity contribution >= 4 is 16.7 Å². The molecule has 3 aromatic rings. The van der Waals surface area contributed by atoms with Crippen LogP contribution in [0.5, 0.6) is 11.5 Å². The fraction of sp³-hybridized carbons (Fsp3) is 0.308. The Morgan fingerprint density at radius 3 is 2.27 bits per heavy atom. The van der Waals surface area contributed by atoms with Gasteiger partial charge in [0, 0.05) is 0 Å². The minimum Gasteiger partial charge on any atom is -0.494 e. The van der Waals surface area contributed by atoms with E-state index in [0.717, 1.165) is 22.9 Å². The molecule has 0 spiro atoms. The first-order valence-corrected chi connectivity index (χ1v) is 10.6. The molecule has 0 aliphatic heterocycles. The number of ether oxygens (including phenoxy) is 2. The van der Waals surface area contributed by atoms with Crippen LogP contribution in [0.15, 0.2) is 60.7 Å². The molecule has 0 aliphatic rings. The first-order valence-electron chi connectivity index (χ1n) is 10.6. The lowest BCUT2D eigenvalue weighted by Gasteiger charge is -2.08. The molecule has 0 N–H and O–H groups in total. The molecule has 154 valence electrons. The van der Waals surface area contributed by atoms with Crippen molar-refractivity contribution in [1.82, 2.24) is 0 Å². The van der Waals surface area contributed by atoms with Crippen LogP contribution in [-0.2, 0) is 0 Å². The van der Waals surface area contributed by atoms with Gasteiger partial charge in [0.25, 0.3) is 0 Å². The summed E-state index contributed by atoms with van der Waals surface area (Å²) in [4.78, 5) is 12.4. The third kappa shape index (κ3) is 6.09.